The van der Waals surface area contributed by atoms with Crippen LogP contribution in [-0.4, -0.2) is 17.5 Å². The Bertz CT molecular complexity index is 1090. The molecule has 1 amide bonds. The summed E-state index contributed by atoms with van der Waals surface area (Å²) in [7, 11) is 0. The molecule has 0 spiro atoms. The predicted octanol–water partition coefficient (Wildman–Crippen LogP) is 6.39. The molecule has 0 aliphatic carbocycles. The highest BCUT2D eigenvalue weighted by molar-refractivity contribution is 7.21. The van der Waals surface area contributed by atoms with Crippen LogP contribution < -0.4 is 10.1 Å². The number of unbranched alkanes of at least 4 members (excludes halogenated alkanes) is 1. The second-order valence-electron chi connectivity index (χ2n) is 6.71. The van der Waals surface area contributed by atoms with E-state index in [1.165, 1.54) is 0 Å². The lowest BCUT2D eigenvalue weighted by Gasteiger charge is -2.10. The SMILES string of the molecule is CCCCOc1ccc(C(=O)Nc2ccccc2-c2nc3ccccc3s2)cc1. The largest absolute Gasteiger partial charge is 0.494 e. The molecule has 29 heavy (non-hydrogen) atoms. The minimum Gasteiger partial charge on any atom is -0.494 e. The first-order valence-corrected chi connectivity index (χ1v) is 10.6. The molecule has 4 aromatic rings. The smallest absolute Gasteiger partial charge is 0.255 e. The Hall–Kier alpha value is -3.18. The van der Waals surface area contributed by atoms with Crippen molar-refractivity contribution in [2.75, 3.05) is 11.9 Å². The molecule has 0 unspecified atom stereocenters. The average Bonchev–Trinajstić information content (AvgIpc) is 3.19. The topological polar surface area (TPSA) is 51.2 Å². The molecule has 0 saturated heterocycles. The standard InChI is InChI=1S/C24H22N2O2S/c1-2-3-16-28-18-14-12-17(13-15-18)23(27)25-20-9-5-4-8-19(20)24-26-21-10-6-7-11-22(21)29-24/h4-15H,2-3,16H2,1H3,(H,25,27). The summed E-state index contributed by atoms with van der Waals surface area (Å²) in [5.74, 6) is 0.628. The maximum absolute atomic E-state index is 12.8. The van der Waals surface area contributed by atoms with Gasteiger partial charge in [0.05, 0.1) is 22.5 Å². The molecule has 0 radical (unpaired) electrons. The Labute approximate surface area is 174 Å². The molecule has 0 aliphatic rings. The van der Waals surface area contributed by atoms with Gasteiger partial charge in [0, 0.05) is 11.1 Å². The number of ether oxygens (including phenoxy) is 1. The van der Waals surface area contributed by atoms with E-state index in [0.717, 1.165) is 45.1 Å². The quantitative estimate of drug-likeness (QED) is 0.364. The number of hydrogen-bond donors (Lipinski definition) is 1. The van der Waals surface area contributed by atoms with Gasteiger partial charge in [-0.15, -0.1) is 11.3 Å². The number of para-hydroxylation sites is 2. The zero-order valence-corrected chi connectivity index (χ0v) is 17.0. The van der Waals surface area contributed by atoms with Crippen LogP contribution in [-0.2, 0) is 0 Å². The van der Waals surface area contributed by atoms with E-state index in [9.17, 15) is 4.79 Å². The third kappa shape index (κ3) is 4.46. The van der Waals surface area contributed by atoms with Crippen molar-refractivity contribution in [1.29, 1.82) is 0 Å². The lowest BCUT2D eigenvalue weighted by Crippen LogP contribution is -2.12. The summed E-state index contributed by atoms with van der Waals surface area (Å²) in [5, 5.41) is 3.92. The molecule has 0 atom stereocenters. The van der Waals surface area contributed by atoms with Gasteiger partial charge in [0.2, 0.25) is 0 Å². The monoisotopic (exact) mass is 402 g/mol. The molecular formula is C24H22N2O2S. The van der Waals surface area contributed by atoms with Crippen LogP contribution in [0.3, 0.4) is 0 Å². The number of carbonyl (C=O) groups is 1. The fourth-order valence-electron chi connectivity index (χ4n) is 3.00. The van der Waals surface area contributed by atoms with Crippen molar-refractivity contribution in [3.8, 4) is 16.3 Å². The number of nitrogens with zero attached hydrogens (tertiary/aromatic N) is 1. The Balaban J connectivity index is 1.53. The van der Waals surface area contributed by atoms with Gasteiger partial charge in [-0.2, -0.15) is 0 Å². The number of anilines is 1. The average molecular weight is 403 g/mol. The second-order valence-corrected chi connectivity index (χ2v) is 7.74. The molecule has 5 heteroatoms. The first-order chi connectivity index (χ1) is 14.2. The second kappa shape index (κ2) is 8.88. The third-order valence-corrected chi connectivity index (χ3v) is 5.65. The number of benzene rings is 3. The molecule has 3 aromatic carbocycles. The van der Waals surface area contributed by atoms with Crippen molar-refractivity contribution in [2.45, 2.75) is 19.8 Å². The molecule has 4 nitrogen and oxygen atoms in total. The molecule has 1 N–H and O–H groups in total. The fourth-order valence-corrected chi connectivity index (χ4v) is 4.00. The Morgan fingerprint density at radius 3 is 2.55 bits per heavy atom. The summed E-state index contributed by atoms with van der Waals surface area (Å²) < 4.78 is 6.79. The summed E-state index contributed by atoms with van der Waals surface area (Å²) >= 11 is 1.62. The number of aromatic nitrogens is 1. The van der Waals surface area contributed by atoms with Gasteiger partial charge in [0.25, 0.3) is 5.91 Å². The Kier molecular flexibility index (Phi) is 5.86. The third-order valence-electron chi connectivity index (χ3n) is 4.58. The van der Waals surface area contributed by atoms with E-state index in [-0.39, 0.29) is 5.91 Å². The number of fused-ring (bicyclic) bond motifs is 1. The number of rotatable bonds is 7. The van der Waals surface area contributed by atoms with Crippen LogP contribution in [0.15, 0.2) is 72.8 Å². The summed E-state index contributed by atoms with van der Waals surface area (Å²) in [6.07, 6.45) is 2.11. The van der Waals surface area contributed by atoms with Crippen LogP contribution in [0.25, 0.3) is 20.8 Å². The van der Waals surface area contributed by atoms with Crippen molar-refractivity contribution < 1.29 is 9.53 Å². The molecule has 0 bridgehead atoms. The number of nitrogens with one attached hydrogen (secondary N) is 1. The van der Waals surface area contributed by atoms with Gasteiger partial charge in [-0.1, -0.05) is 37.6 Å². The normalized spacial score (nSPS) is 10.8. The Morgan fingerprint density at radius 2 is 1.76 bits per heavy atom. The minimum atomic E-state index is -0.154. The minimum absolute atomic E-state index is 0.154. The molecule has 0 saturated carbocycles. The predicted molar refractivity (Wildman–Crippen MR) is 120 cm³/mol. The molecule has 4 rings (SSSR count). The number of amides is 1. The summed E-state index contributed by atoms with van der Waals surface area (Å²) in [5.41, 5.74) is 3.22. The summed E-state index contributed by atoms with van der Waals surface area (Å²) in [6, 6.07) is 23.1. The van der Waals surface area contributed by atoms with Crippen molar-refractivity contribution in [2.24, 2.45) is 0 Å². The molecular weight excluding hydrogens is 380 g/mol. The van der Waals surface area contributed by atoms with E-state index in [0.29, 0.717) is 12.2 Å². The number of hydrogen-bond acceptors (Lipinski definition) is 4. The van der Waals surface area contributed by atoms with Gasteiger partial charge in [-0.05, 0) is 55.0 Å². The van der Waals surface area contributed by atoms with Gasteiger partial charge in [-0.25, -0.2) is 4.98 Å². The molecule has 1 heterocycles. The van der Waals surface area contributed by atoms with Crippen LogP contribution in [0.1, 0.15) is 30.1 Å². The van der Waals surface area contributed by atoms with Gasteiger partial charge in [0.1, 0.15) is 10.8 Å². The highest BCUT2D eigenvalue weighted by Crippen LogP contribution is 2.34. The zero-order chi connectivity index (χ0) is 20.1. The van der Waals surface area contributed by atoms with Crippen LogP contribution in [0.2, 0.25) is 0 Å². The maximum Gasteiger partial charge on any atom is 0.255 e. The van der Waals surface area contributed by atoms with Gasteiger partial charge < -0.3 is 10.1 Å². The van der Waals surface area contributed by atoms with E-state index in [1.807, 2.05) is 54.6 Å². The molecule has 146 valence electrons. The van der Waals surface area contributed by atoms with E-state index in [2.05, 4.69) is 18.3 Å². The van der Waals surface area contributed by atoms with E-state index in [1.54, 1.807) is 23.5 Å². The van der Waals surface area contributed by atoms with Gasteiger partial charge in [-0.3, -0.25) is 4.79 Å². The van der Waals surface area contributed by atoms with Crippen LogP contribution in [0, 0.1) is 0 Å². The first-order valence-electron chi connectivity index (χ1n) is 9.74. The lowest BCUT2D eigenvalue weighted by molar-refractivity contribution is 0.102. The fraction of sp³-hybridized carbons (Fsp3) is 0.167. The summed E-state index contributed by atoms with van der Waals surface area (Å²) in [4.78, 5) is 17.5. The van der Waals surface area contributed by atoms with Gasteiger partial charge >= 0.3 is 0 Å². The van der Waals surface area contributed by atoms with Crippen LogP contribution in [0.5, 0.6) is 5.75 Å². The Morgan fingerprint density at radius 1 is 1.00 bits per heavy atom. The maximum atomic E-state index is 12.8. The molecule has 1 aromatic heterocycles. The first kappa shape index (κ1) is 19.2. The van der Waals surface area contributed by atoms with Crippen molar-refractivity contribution in [3.05, 3.63) is 78.4 Å². The van der Waals surface area contributed by atoms with Crippen LogP contribution >= 0.6 is 11.3 Å². The van der Waals surface area contributed by atoms with Crippen molar-refractivity contribution in [1.82, 2.24) is 4.98 Å². The zero-order valence-electron chi connectivity index (χ0n) is 16.2. The van der Waals surface area contributed by atoms with Crippen molar-refractivity contribution >= 4 is 33.1 Å². The highest BCUT2D eigenvalue weighted by atomic mass is 32.1. The highest BCUT2D eigenvalue weighted by Gasteiger charge is 2.13. The van der Waals surface area contributed by atoms with Crippen LogP contribution in [0.4, 0.5) is 5.69 Å². The van der Waals surface area contributed by atoms with E-state index < -0.39 is 0 Å². The molecule has 0 fully saturated rings. The number of thiazole rings is 1. The van der Waals surface area contributed by atoms with Gasteiger partial charge in [0.15, 0.2) is 0 Å². The number of carbonyl (C=O) groups excluding carboxylic acids is 1. The lowest BCUT2D eigenvalue weighted by atomic mass is 10.1. The summed E-state index contributed by atoms with van der Waals surface area (Å²) in [6.45, 7) is 2.82. The molecule has 0 aliphatic heterocycles. The van der Waals surface area contributed by atoms with E-state index >= 15 is 0 Å². The van der Waals surface area contributed by atoms with Crippen molar-refractivity contribution in [3.63, 3.8) is 0 Å². The van der Waals surface area contributed by atoms with E-state index in [4.69, 9.17) is 9.72 Å².